The molecule has 0 aliphatic rings. The van der Waals surface area contributed by atoms with Crippen molar-refractivity contribution in [3.63, 3.8) is 0 Å². The number of nitrogens with zero attached hydrogens (tertiary/aromatic N) is 2. The van der Waals surface area contributed by atoms with E-state index in [2.05, 4.69) is 6.92 Å². The van der Waals surface area contributed by atoms with Crippen LogP contribution in [0.15, 0.2) is 18.7 Å². The number of unbranched alkanes of at least 4 members (excludes halogenated alkanes) is 7. The molecule has 0 aliphatic heterocycles. The van der Waals surface area contributed by atoms with Crippen molar-refractivity contribution in [2.45, 2.75) is 71.0 Å². The van der Waals surface area contributed by atoms with Gasteiger partial charge in [0.05, 0.1) is 7.05 Å². The van der Waals surface area contributed by atoms with Crippen LogP contribution in [0.25, 0.3) is 0 Å². The van der Waals surface area contributed by atoms with E-state index in [1.54, 1.807) is 17.3 Å². The highest BCUT2D eigenvalue weighted by atomic mass is 16.7. The SMILES string of the molecule is CCCCCCCCCCC(O)On1cc[n+](C)c1. The lowest BCUT2D eigenvalue weighted by Crippen LogP contribution is -2.28. The second kappa shape index (κ2) is 9.84. The Kier molecular flexibility index (Phi) is 8.30. The highest BCUT2D eigenvalue weighted by Gasteiger charge is 2.09. The van der Waals surface area contributed by atoms with Crippen LogP contribution in [-0.4, -0.2) is 16.1 Å². The van der Waals surface area contributed by atoms with Crippen molar-refractivity contribution in [1.29, 1.82) is 0 Å². The molecule has 0 aromatic carbocycles. The second-order valence-electron chi connectivity index (χ2n) is 5.26. The predicted molar refractivity (Wildman–Crippen MR) is 75.4 cm³/mol. The molecule has 1 aromatic heterocycles. The minimum atomic E-state index is -0.701. The van der Waals surface area contributed by atoms with Gasteiger partial charge in [0.2, 0.25) is 6.29 Å². The van der Waals surface area contributed by atoms with Crippen LogP contribution in [0.5, 0.6) is 0 Å². The van der Waals surface area contributed by atoms with E-state index in [1.165, 1.54) is 44.9 Å². The Bertz CT molecular complexity index is 326. The monoisotopic (exact) mass is 269 g/mol. The van der Waals surface area contributed by atoms with Crippen molar-refractivity contribution in [1.82, 2.24) is 4.73 Å². The van der Waals surface area contributed by atoms with Gasteiger partial charge in [-0.2, -0.15) is 0 Å². The quantitative estimate of drug-likeness (QED) is 0.381. The Morgan fingerprint density at radius 3 is 2.32 bits per heavy atom. The van der Waals surface area contributed by atoms with Crippen LogP contribution in [0.4, 0.5) is 0 Å². The van der Waals surface area contributed by atoms with Crippen molar-refractivity contribution in [2.75, 3.05) is 0 Å². The van der Waals surface area contributed by atoms with Crippen LogP contribution in [0.3, 0.4) is 0 Å². The summed E-state index contributed by atoms with van der Waals surface area (Å²) >= 11 is 0. The summed E-state index contributed by atoms with van der Waals surface area (Å²) < 4.78 is 3.43. The average Bonchev–Trinajstić information content (AvgIpc) is 2.78. The van der Waals surface area contributed by atoms with Gasteiger partial charge in [0, 0.05) is 6.42 Å². The van der Waals surface area contributed by atoms with E-state index in [0.717, 1.165) is 6.42 Å². The third-order valence-electron chi connectivity index (χ3n) is 3.29. The van der Waals surface area contributed by atoms with Crippen molar-refractivity contribution in [3.8, 4) is 0 Å². The molecular weight excluding hydrogens is 240 g/mol. The van der Waals surface area contributed by atoms with Crippen LogP contribution in [0.2, 0.25) is 0 Å². The molecule has 1 aromatic rings. The minimum absolute atomic E-state index is 0.701. The van der Waals surface area contributed by atoms with Gasteiger partial charge in [-0.1, -0.05) is 51.9 Å². The summed E-state index contributed by atoms with van der Waals surface area (Å²) in [5, 5.41) is 9.73. The molecule has 110 valence electrons. The number of aryl methyl sites for hydroxylation is 1. The highest BCUT2D eigenvalue weighted by Crippen LogP contribution is 2.10. The maximum Gasteiger partial charge on any atom is 0.284 e. The first-order chi connectivity index (χ1) is 9.22. The number of hydrogen-bond acceptors (Lipinski definition) is 2. The normalized spacial score (nSPS) is 12.6. The Morgan fingerprint density at radius 1 is 1.11 bits per heavy atom. The number of aliphatic hydroxyl groups is 1. The molecule has 0 spiro atoms. The van der Waals surface area contributed by atoms with Gasteiger partial charge in [0.1, 0.15) is 6.20 Å². The van der Waals surface area contributed by atoms with E-state index in [4.69, 9.17) is 4.84 Å². The Morgan fingerprint density at radius 2 is 1.74 bits per heavy atom. The molecule has 1 rings (SSSR count). The van der Waals surface area contributed by atoms with Crippen LogP contribution >= 0.6 is 0 Å². The van der Waals surface area contributed by atoms with Gasteiger partial charge in [0.25, 0.3) is 6.33 Å². The maximum atomic E-state index is 9.73. The number of aromatic nitrogens is 2. The van der Waals surface area contributed by atoms with Gasteiger partial charge in [0.15, 0.2) is 6.20 Å². The average molecular weight is 269 g/mol. The standard InChI is InChI=1S/C15H29N2O2/c1-3-4-5-6-7-8-9-10-11-15(18)19-17-13-12-16(2)14-17/h12-15,18H,3-11H2,1-2H3/q+1. The van der Waals surface area contributed by atoms with E-state index in [0.29, 0.717) is 6.42 Å². The molecule has 0 saturated carbocycles. The first-order valence-electron chi connectivity index (χ1n) is 7.61. The lowest BCUT2D eigenvalue weighted by atomic mass is 10.1. The summed E-state index contributed by atoms with van der Waals surface area (Å²) in [4.78, 5) is 5.35. The Labute approximate surface area is 117 Å². The zero-order valence-corrected chi connectivity index (χ0v) is 12.4. The molecule has 0 aliphatic carbocycles. The summed E-state index contributed by atoms with van der Waals surface area (Å²) in [5.74, 6) is 0. The van der Waals surface area contributed by atoms with E-state index >= 15 is 0 Å². The van der Waals surface area contributed by atoms with E-state index in [9.17, 15) is 5.11 Å². The van der Waals surface area contributed by atoms with Gasteiger partial charge < -0.3 is 9.94 Å². The third kappa shape index (κ3) is 7.88. The van der Waals surface area contributed by atoms with Gasteiger partial charge >= 0.3 is 0 Å². The zero-order valence-electron chi connectivity index (χ0n) is 12.4. The third-order valence-corrected chi connectivity index (χ3v) is 3.29. The summed E-state index contributed by atoms with van der Waals surface area (Å²) in [7, 11) is 1.92. The van der Waals surface area contributed by atoms with Crippen molar-refractivity contribution in [3.05, 3.63) is 18.7 Å². The molecule has 1 N–H and O–H groups in total. The molecule has 1 unspecified atom stereocenters. The Hall–Kier alpha value is -1.03. The topological polar surface area (TPSA) is 38.3 Å². The van der Waals surface area contributed by atoms with Crippen molar-refractivity contribution < 1.29 is 14.5 Å². The van der Waals surface area contributed by atoms with Crippen molar-refractivity contribution in [2.24, 2.45) is 7.05 Å². The molecule has 0 fully saturated rings. The minimum Gasteiger partial charge on any atom is -0.355 e. The van der Waals surface area contributed by atoms with Crippen LogP contribution < -0.4 is 9.40 Å². The van der Waals surface area contributed by atoms with Gasteiger partial charge in [-0.05, 0) is 11.2 Å². The van der Waals surface area contributed by atoms with Gasteiger partial charge in [-0.25, -0.2) is 4.57 Å². The molecular formula is C15H29N2O2+. The molecule has 4 heteroatoms. The van der Waals surface area contributed by atoms with Crippen LogP contribution in [0, 0.1) is 0 Å². The van der Waals surface area contributed by atoms with Crippen molar-refractivity contribution >= 4 is 0 Å². The van der Waals surface area contributed by atoms with Gasteiger partial charge in [-0.15, -0.1) is 0 Å². The zero-order chi connectivity index (χ0) is 13.9. The van der Waals surface area contributed by atoms with Crippen LogP contribution in [0.1, 0.15) is 64.7 Å². The number of rotatable bonds is 11. The molecule has 19 heavy (non-hydrogen) atoms. The van der Waals surface area contributed by atoms with E-state index in [1.807, 2.05) is 17.8 Å². The number of hydrogen-bond donors (Lipinski definition) is 1. The van der Waals surface area contributed by atoms with E-state index < -0.39 is 6.29 Å². The summed E-state index contributed by atoms with van der Waals surface area (Å²) in [6.45, 7) is 2.24. The molecule has 1 heterocycles. The second-order valence-corrected chi connectivity index (χ2v) is 5.26. The predicted octanol–water partition coefficient (Wildman–Crippen LogP) is 2.59. The first-order valence-corrected chi connectivity index (χ1v) is 7.61. The summed E-state index contributed by atoms with van der Waals surface area (Å²) in [5.41, 5.74) is 0. The Balaban J connectivity index is 1.94. The fraction of sp³-hybridized carbons (Fsp3) is 0.800. The molecule has 4 nitrogen and oxygen atoms in total. The number of imidazole rings is 1. The summed E-state index contributed by atoms with van der Waals surface area (Å²) in [6, 6.07) is 0. The smallest absolute Gasteiger partial charge is 0.284 e. The summed E-state index contributed by atoms with van der Waals surface area (Å²) in [6.07, 6.45) is 15.7. The fourth-order valence-corrected chi connectivity index (χ4v) is 2.14. The van der Waals surface area contributed by atoms with Gasteiger partial charge in [-0.3, -0.25) is 0 Å². The lowest BCUT2D eigenvalue weighted by molar-refractivity contribution is -0.672. The largest absolute Gasteiger partial charge is 0.355 e. The molecule has 1 atom stereocenters. The molecule has 0 saturated heterocycles. The first kappa shape index (κ1) is 16.0. The highest BCUT2D eigenvalue weighted by molar-refractivity contribution is 4.61. The fourth-order valence-electron chi connectivity index (χ4n) is 2.14. The number of aliphatic hydroxyl groups excluding tert-OH is 1. The van der Waals surface area contributed by atoms with E-state index in [-0.39, 0.29) is 0 Å². The van der Waals surface area contributed by atoms with Crippen LogP contribution in [-0.2, 0) is 7.05 Å². The maximum absolute atomic E-state index is 9.73. The lowest BCUT2D eigenvalue weighted by Gasteiger charge is -2.08. The molecule has 0 bridgehead atoms. The molecule has 0 radical (unpaired) electrons. The molecule has 0 amide bonds.